The first-order chi connectivity index (χ1) is 12.7. The highest BCUT2D eigenvalue weighted by Crippen LogP contribution is 2.35. The average Bonchev–Trinajstić information content (AvgIpc) is 2.59. The highest BCUT2D eigenvalue weighted by atomic mass is 35.5. The van der Waals surface area contributed by atoms with Gasteiger partial charge in [0.25, 0.3) is 5.69 Å². The van der Waals surface area contributed by atoms with Gasteiger partial charge in [0.1, 0.15) is 10.8 Å². The Balaban J connectivity index is 2.29. The van der Waals surface area contributed by atoms with Crippen molar-refractivity contribution in [3.8, 4) is 11.6 Å². The molecule has 2 rings (SSSR count). The van der Waals surface area contributed by atoms with E-state index in [2.05, 4.69) is 10.5 Å². The number of nitro groups is 1. The van der Waals surface area contributed by atoms with Gasteiger partial charge in [-0.05, 0) is 24.3 Å². The fourth-order valence-corrected chi connectivity index (χ4v) is 2.17. The van der Waals surface area contributed by atoms with E-state index in [9.17, 15) is 23.3 Å². The van der Waals surface area contributed by atoms with Crippen molar-refractivity contribution < 1.29 is 27.7 Å². The Bertz CT molecular complexity index is 859. The van der Waals surface area contributed by atoms with Gasteiger partial charge in [-0.3, -0.25) is 15.0 Å². The van der Waals surface area contributed by atoms with E-state index < -0.39 is 16.7 Å². The summed E-state index contributed by atoms with van der Waals surface area (Å²) in [5.74, 6) is -0.143. The molecule has 7 nitrogen and oxygen atoms in total. The van der Waals surface area contributed by atoms with Crippen LogP contribution in [-0.2, 0) is 11.0 Å². The van der Waals surface area contributed by atoms with Crippen LogP contribution in [0, 0.1) is 10.1 Å². The van der Waals surface area contributed by atoms with Crippen LogP contribution in [0.4, 0.5) is 18.9 Å². The summed E-state index contributed by atoms with van der Waals surface area (Å²) >= 11 is 5.79. The summed E-state index contributed by atoms with van der Waals surface area (Å²) < 4.78 is 43.3. The number of hydroxylamine groups is 1. The third-order valence-corrected chi connectivity index (χ3v) is 3.44. The second-order valence-corrected chi connectivity index (χ2v) is 5.41. The molecular weight excluding hydrogens is 391 g/mol. The van der Waals surface area contributed by atoms with Gasteiger partial charge in [0.15, 0.2) is 0 Å². The van der Waals surface area contributed by atoms with Crippen molar-refractivity contribution in [2.75, 3.05) is 13.7 Å². The van der Waals surface area contributed by atoms with Crippen molar-refractivity contribution in [3.63, 3.8) is 0 Å². The number of alkyl halides is 3. The Morgan fingerprint density at radius 1 is 1.37 bits per heavy atom. The number of nitro benzene ring substituents is 1. The zero-order valence-electron chi connectivity index (χ0n) is 13.8. The number of nitrogens with zero attached hydrogens (tertiary/aromatic N) is 2. The fraction of sp³-hybridized carbons (Fsp3) is 0.188. The SMILES string of the molecule is CNOCC=Cc1cc(Oc2ncc(C(F)(F)F)cc2Cl)ccc1[N+](=O)[O-]. The van der Waals surface area contributed by atoms with Crippen molar-refractivity contribution in [1.29, 1.82) is 0 Å². The van der Waals surface area contributed by atoms with Crippen LogP contribution in [0.25, 0.3) is 6.08 Å². The quantitative estimate of drug-likeness (QED) is 0.412. The van der Waals surface area contributed by atoms with Gasteiger partial charge in [-0.1, -0.05) is 17.7 Å². The molecule has 0 aliphatic heterocycles. The summed E-state index contributed by atoms with van der Waals surface area (Å²) in [5, 5.41) is 10.8. The van der Waals surface area contributed by atoms with E-state index in [4.69, 9.17) is 21.2 Å². The summed E-state index contributed by atoms with van der Waals surface area (Å²) in [6.07, 6.45) is -1.02. The minimum Gasteiger partial charge on any atom is -0.438 e. The van der Waals surface area contributed by atoms with E-state index in [1.54, 1.807) is 7.05 Å². The molecule has 0 aliphatic rings. The van der Waals surface area contributed by atoms with Crippen LogP contribution in [0.5, 0.6) is 11.6 Å². The smallest absolute Gasteiger partial charge is 0.417 e. The molecule has 27 heavy (non-hydrogen) atoms. The third kappa shape index (κ3) is 5.64. The van der Waals surface area contributed by atoms with Gasteiger partial charge >= 0.3 is 6.18 Å². The van der Waals surface area contributed by atoms with Crippen molar-refractivity contribution in [2.45, 2.75) is 6.18 Å². The second kappa shape index (κ2) is 8.80. The van der Waals surface area contributed by atoms with E-state index >= 15 is 0 Å². The molecule has 1 aromatic heterocycles. The first-order valence-corrected chi connectivity index (χ1v) is 7.74. The number of halogens is 4. The van der Waals surface area contributed by atoms with Gasteiger partial charge < -0.3 is 4.74 Å². The third-order valence-electron chi connectivity index (χ3n) is 3.17. The topological polar surface area (TPSA) is 86.5 Å². The largest absolute Gasteiger partial charge is 0.438 e. The summed E-state index contributed by atoms with van der Waals surface area (Å²) in [6.45, 7) is 0.158. The number of benzene rings is 1. The summed E-state index contributed by atoms with van der Waals surface area (Å²) in [5.41, 5.74) is 1.45. The molecular formula is C16H13ClF3N3O4. The molecule has 1 aromatic carbocycles. The second-order valence-electron chi connectivity index (χ2n) is 5.01. The fourth-order valence-electron chi connectivity index (χ4n) is 1.97. The molecule has 11 heteroatoms. The van der Waals surface area contributed by atoms with Crippen molar-refractivity contribution in [3.05, 3.63) is 62.8 Å². The summed E-state index contributed by atoms with van der Waals surface area (Å²) in [7, 11) is 1.56. The molecule has 0 saturated carbocycles. The lowest BCUT2D eigenvalue weighted by atomic mass is 10.1. The first-order valence-electron chi connectivity index (χ1n) is 7.36. The highest BCUT2D eigenvalue weighted by molar-refractivity contribution is 6.31. The number of rotatable bonds is 7. The van der Waals surface area contributed by atoms with Crippen LogP contribution < -0.4 is 10.2 Å². The zero-order chi connectivity index (χ0) is 20.0. The monoisotopic (exact) mass is 403 g/mol. The van der Waals surface area contributed by atoms with E-state index in [1.165, 1.54) is 30.4 Å². The molecule has 0 unspecified atom stereocenters. The van der Waals surface area contributed by atoms with Crippen molar-refractivity contribution in [1.82, 2.24) is 10.5 Å². The number of nitrogens with one attached hydrogen (secondary N) is 1. The maximum absolute atomic E-state index is 12.6. The standard InChI is InChI=1S/C16H13ClF3N3O4/c1-21-26-6-2-3-10-7-12(4-5-14(10)23(24)25)27-15-13(17)8-11(9-22-15)16(18,19)20/h2-5,7-9,21H,6H2,1H3. The highest BCUT2D eigenvalue weighted by Gasteiger charge is 2.31. The van der Waals surface area contributed by atoms with Gasteiger partial charge in [0.05, 0.1) is 22.7 Å². The molecule has 2 aromatic rings. The molecule has 0 aliphatic carbocycles. The Hall–Kier alpha value is -2.69. The molecule has 0 bridgehead atoms. The normalized spacial score (nSPS) is 11.7. The van der Waals surface area contributed by atoms with E-state index in [0.717, 1.165) is 0 Å². The van der Waals surface area contributed by atoms with Crippen LogP contribution in [0.15, 0.2) is 36.5 Å². The maximum Gasteiger partial charge on any atom is 0.417 e. The molecule has 1 N–H and O–H groups in total. The Morgan fingerprint density at radius 3 is 2.70 bits per heavy atom. The van der Waals surface area contributed by atoms with Gasteiger partial charge in [0, 0.05) is 19.3 Å². The molecule has 0 fully saturated rings. The number of hydrogen-bond donors (Lipinski definition) is 1. The minimum atomic E-state index is -4.59. The summed E-state index contributed by atoms with van der Waals surface area (Å²) in [6, 6.07) is 4.51. The molecule has 0 atom stereocenters. The minimum absolute atomic E-state index is 0.115. The molecule has 0 radical (unpaired) electrons. The van der Waals surface area contributed by atoms with Crippen LogP contribution in [0.3, 0.4) is 0 Å². The van der Waals surface area contributed by atoms with E-state index in [0.29, 0.717) is 12.3 Å². The van der Waals surface area contributed by atoms with Gasteiger partial charge in [-0.15, -0.1) is 0 Å². The number of hydrogen-bond acceptors (Lipinski definition) is 6. The summed E-state index contributed by atoms with van der Waals surface area (Å²) in [4.78, 5) is 19.0. The average molecular weight is 404 g/mol. The van der Waals surface area contributed by atoms with Crippen molar-refractivity contribution in [2.24, 2.45) is 0 Å². The number of pyridine rings is 1. The predicted octanol–water partition coefficient (Wildman–Crippen LogP) is 4.62. The molecule has 0 spiro atoms. The number of ether oxygens (including phenoxy) is 1. The van der Waals surface area contributed by atoms with E-state index in [-0.39, 0.29) is 34.5 Å². The van der Waals surface area contributed by atoms with Crippen LogP contribution in [0.2, 0.25) is 5.02 Å². The van der Waals surface area contributed by atoms with Gasteiger partial charge in [-0.2, -0.15) is 13.2 Å². The predicted molar refractivity (Wildman–Crippen MR) is 91.5 cm³/mol. The lowest BCUT2D eigenvalue weighted by Crippen LogP contribution is -2.06. The Kier molecular flexibility index (Phi) is 6.72. The Labute approximate surface area is 156 Å². The lowest BCUT2D eigenvalue weighted by Gasteiger charge is -2.10. The number of aromatic nitrogens is 1. The van der Waals surface area contributed by atoms with Gasteiger partial charge in [-0.25, -0.2) is 10.5 Å². The van der Waals surface area contributed by atoms with Crippen LogP contribution in [0.1, 0.15) is 11.1 Å². The van der Waals surface area contributed by atoms with Crippen molar-refractivity contribution >= 4 is 23.4 Å². The maximum atomic E-state index is 12.6. The van der Waals surface area contributed by atoms with Crippen LogP contribution in [-0.4, -0.2) is 23.6 Å². The zero-order valence-corrected chi connectivity index (χ0v) is 14.5. The van der Waals surface area contributed by atoms with E-state index in [1.807, 2.05) is 0 Å². The lowest BCUT2D eigenvalue weighted by molar-refractivity contribution is -0.385. The first kappa shape index (κ1) is 20.6. The molecule has 0 amide bonds. The van der Waals surface area contributed by atoms with Gasteiger partial charge in [0.2, 0.25) is 5.88 Å². The molecule has 144 valence electrons. The molecule has 1 heterocycles. The Morgan fingerprint density at radius 2 is 2.11 bits per heavy atom. The molecule has 0 saturated heterocycles. The van der Waals surface area contributed by atoms with Crippen LogP contribution >= 0.6 is 11.6 Å².